The van der Waals surface area contributed by atoms with Crippen molar-refractivity contribution in [1.82, 2.24) is 0 Å². The molecule has 0 heterocycles. The summed E-state index contributed by atoms with van der Waals surface area (Å²) in [6.07, 6.45) is 1.78. The Hall–Kier alpha value is -1.62. The topological polar surface area (TPSA) is 69.4 Å². The number of carbonyl (C=O) groups excluding carboxylic acids is 1. The number of hydrogen-bond donors (Lipinski definition) is 0. The van der Waals surface area contributed by atoms with Crippen LogP contribution in [0.15, 0.2) is 18.2 Å². The van der Waals surface area contributed by atoms with E-state index < -0.39 is 10.9 Å². The van der Waals surface area contributed by atoms with Crippen molar-refractivity contribution < 1.29 is 14.5 Å². The zero-order valence-electron chi connectivity index (χ0n) is 10.9. The van der Waals surface area contributed by atoms with Crippen LogP contribution >= 0.6 is 11.6 Å². The molecule has 0 atom stereocenters. The highest BCUT2D eigenvalue weighted by Crippen LogP contribution is 2.25. The minimum atomic E-state index is -0.597. The molecule has 0 bridgehead atoms. The Morgan fingerprint density at radius 3 is 2.68 bits per heavy atom. The summed E-state index contributed by atoms with van der Waals surface area (Å²) in [4.78, 5) is 21.7. The van der Waals surface area contributed by atoms with Gasteiger partial charge in [0.2, 0.25) is 0 Å². The van der Waals surface area contributed by atoms with E-state index in [-0.39, 0.29) is 16.3 Å². The number of ether oxygens (including phenoxy) is 1. The summed E-state index contributed by atoms with van der Waals surface area (Å²) in [6, 6.07) is 3.80. The van der Waals surface area contributed by atoms with E-state index in [1.54, 1.807) is 0 Å². The number of esters is 1. The first kappa shape index (κ1) is 15.4. The monoisotopic (exact) mass is 285 g/mol. The fourth-order valence-corrected chi connectivity index (χ4v) is 1.77. The molecule has 0 aliphatic rings. The smallest absolute Gasteiger partial charge is 0.338 e. The number of halogens is 1. The van der Waals surface area contributed by atoms with Gasteiger partial charge in [0.1, 0.15) is 5.02 Å². The fourth-order valence-electron chi connectivity index (χ4n) is 1.52. The van der Waals surface area contributed by atoms with Gasteiger partial charge in [0.25, 0.3) is 5.69 Å². The molecular weight excluding hydrogens is 270 g/mol. The Kier molecular flexibility index (Phi) is 5.76. The SMILES string of the molecule is CC(C)CCCOC(=O)c1ccc([N+](=O)[O-])c(Cl)c1. The van der Waals surface area contributed by atoms with Crippen molar-refractivity contribution >= 4 is 23.3 Å². The lowest BCUT2D eigenvalue weighted by molar-refractivity contribution is -0.384. The molecular formula is C13H16ClNO4. The number of nitro benzene ring substituents is 1. The fraction of sp³-hybridized carbons (Fsp3) is 0.462. The van der Waals surface area contributed by atoms with Crippen LogP contribution < -0.4 is 0 Å². The van der Waals surface area contributed by atoms with Crippen molar-refractivity contribution in [2.75, 3.05) is 6.61 Å². The average Bonchev–Trinajstić information content (AvgIpc) is 2.33. The van der Waals surface area contributed by atoms with Crippen LogP contribution in [0.25, 0.3) is 0 Å². The summed E-state index contributed by atoms with van der Waals surface area (Å²) in [6.45, 7) is 4.53. The van der Waals surface area contributed by atoms with Gasteiger partial charge in [-0.3, -0.25) is 10.1 Å². The molecule has 0 aromatic heterocycles. The van der Waals surface area contributed by atoms with Crippen LogP contribution in [0.2, 0.25) is 5.02 Å². The summed E-state index contributed by atoms with van der Waals surface area (Å²) < 4.78 is 5.07. The summed E-state index contributed by atoms with van der Waals surface area (Å²) in [5.74, 6) is 0.0491. The number of nitro groups is 1. The van der Waals surface area contributed by atoms with Gasteiger partial charge in [0, 0.05) is 6.07 Å². The molecule has 0 fully saturated rings. The first-order valence-corrected chi connectivity index (χ1v) is 6.40. The van der Waals surface area contributed by atoms with E-state index in [4.69, 9.17) is 16.3 Å². The third-order valence-corrected chi connectivity index (χ3v) is 2.84. The third-order valence-electron chi connectivity index (χ3n) is 2.54. The van der Waals surface area contributed by atoms with E-state index in [1.165, 1.54) is 18.2 Å². The molecule has 0 N–H and O–H groups in total. The molecule has 5 nitrogen and oxygen atoms in total. The maximum atomic E-state index is 11.7. The van der Waals surface area contributed by atoms with E-state index >= 15 is 0 Å². The molecule has 1 aromatic carbocycles. The maximum absolute atomic E-state index is 11.7. The summed E-state index contributed by atoms with van der Waals surface area (Å²) in [7, 11) is 0. The first-order valence-electron chi connectivity index (χ1n) is 6.03. The van der Waals surface area contributed by atoms with E-state index in [9.17, 15) is 14.9 Å². The number of hydrogen-bond acceptors (Lipinski definition) is 4. The van der Waals surface area contributed by atoms with Crippen molar-refractivity contribution in [3.8, 4) is 0 Å². The van der Waals surface area contributed by atoms with Gasteiger partial charge in [-0.1, -0.05) is 25.4 Å². The van der Waals surface area contributed by atoms with Crippen LogP contribution in [-0.2, 0) is 4.74 Å². The Bertz CT molecular complexity index is 474. The molecule has 0 aliphatic heterocycles. The first-order chi connectivity index (χ1) is 8.91. The van der Waals surface area contributed by atoms with Crippen molar-refractivity contribution in [3.63, 3.8) is 0 Å². The van der Waals surface area contributed by atoms with Crippen LogP contribution in [0.4, 0.5) is 5.69 Å². The number of benzene rings is 1. The molecule has 0 amide bonds. The summed E-state index contributed by atoms with van der Waals surface area (Å²) in [5, 5.41) is 10.5. The Labute approximate surface area is 116 Å². The molecule has 0 aliphatic carbocycles. The zero-order chi connectivity index (χ0) is 14.4. The van der Waals surface area contributed by atoms with Gasteiger partial charge in [0.15, 0.2) is 0 Å². The van der Waals surface area contributed by atoms with Gasteiger partial charge in [-0.2, -0.15) is 0 Å². The predicted molar refractivity (Wildman–Crippen MR) is 72.5 cm³/mol. The van der Waals surface area contributed by atoms with E-state index in [0.29, 0.717) is 12.5 Å². The lowest BCUT2D eigenvalue weighted by atomic mass is 10.1. The second kappa shape index (κ2) is 7.09. The average molecular weight is 286 g/mol. The molecule has 1 rings (SSSR count). The Morgan fingerprint density at radius 2 is 2.16 bits per heavy atom. The van der Waals surface area contributed by atoms with Gasteiger partial charge < -0.3 is 4.74 Å². The highest BCUT2D eigenvalue weighted by molar-refractivity contribution is 6.33. The molecule has 0 unspecified atom stereocenters. The molecule has 0 saturated carbocycles. The van der Waals surface area contributed by atoms with Gasteiger partial charge in [-0.15, -0.1) is 0 Å². The van der Waals surface area contributed by atoms with Crippen molar-refractivity contribution in [1.29, 1.82) is 0 Å². The Balaban J connectivity index is 2.58. The van der Waals surface area contributed by atoms with Crippen LogP contribution in [0.5, 0.6) is 0 Å². The largest absolute Gasteiger partial charge is 0.462 e. The van der Waals surface area contributed by atoms with Crippen LogP contribution in [-0.4, -0.2) is 17.5 Å². The number of carbonyl (C=O) groups is 1. The zero-order valence-corrected chi connectivity index (χ0v) is 11.6. The minimum Gasteiger partial charge on any atom is -0.462 e. The molecule has 0 spiro atoms. The van der Waals surface area contributed by atoms with Gasteiger partial charge in [-0.05, 0) is 30.9 Å². The molecule has 6 heteroatoms. The van der Waals surface area contributed by atoms with Gasteiger partial charge in [0.05, 0.1) is 17.1 Å². The van der Waals surface area contributed by atoms with Gasteiger partial charge in [-0.25, -0.2) is 4.79 Å². The standard InChI is InChI=1S/C13H16ClNO4/c1-9(2)4-3-7-19-13(16)10-5-6-12(15(17)18)11(14)8-10/h5-6,8-9H,3-4,7H2,1-2H3. The summed E-state index contributed by atoms with van der Waals surface area (Å²) >= 11 is 5.72. The Morgan fingerprint density at radius 1 is 1.47 bits per heavy atom. The van der Waals surface area contributed by atoms with Crippen molar-refractivity contribution in [2.45, 2.75) is 26.7 Å². The molecule has 0 radical (unpaired) electrons. The molecule has 0 saturated heterocycles. The maximum Gasteiger partial charge on any atom is 0.338 e. The number of nitrogens with zero attached hydrogens (tertiary/aromatic N) is 1. The van der Waals surface area contributed by atoms with E-state index in [0.717, 1.165) is 12.8 Å². The van der Waals surface area contributed by atoms with E-state index in [1.807, 2.05) is 0 Å². The second-order valence-corrected chi connectivity index (χ2v) is 5.00. The second-order valence-electron chi connectivity index (χ2n) is 4.60. The quantitative estimate of drug-likeness (QED) is 0.344. The predicted octanol–water partition coefficient (Wildman–Crippen LogP) is 3.84. The normalized spacial score (nSPS) is 10.5. The van der Waals surface area contributed by atoms with Crippen molar-refractivity contribution in [2.24, 2.45) is 5.92 Å². The van der Waals surface area contributed by atoms with Crippen LogP contribution in [0.3, 0.4) is 0 Å². The lowest BCUT2D eigenvalue weighted by Gasteiger charge is -2.06. The van der Waals surface area contributed by atoms with Crippen LogP contribution in [0, 0.1) is 16.0 Å². The third kappa shape index (κ3) is 4.87. The van der Waals surface area contributed by atoms with Crippen LogP contribution in [0.1, 0.15) is 37.0 Å². The summed E-state index contributed by atoms with van der Waals surface area (Å²) in [5.41, 5.74) is -0.00169. The molecule has 19 heavy (non-hydrogen) atoms. The highest BCUT2D eigenvalue weighted by atomic mass is 35.5. The van der Waals surface area contributed by atoms with E-state index in [2.05, 4.69) is 13.8 Å². The molecule has 104 valence electrons. The van der Waals surface area contributed by atoms with Crippen molar-refractivity contribution in [3.05, 3.63) is 38.9 Å². The van der Waals surface area contributed by atoms with Gasteiger partial charge >= 0.3 is 5.97 Å². The number of rotatable bonds is 6. The minimum absolute atomic E-state index is 0.0679. The lowest BCUT2D eigenvalue weighted by Crippen LogP contribution is -2.07. The molecule has 1 aromatic rings. The highest BCUT2D eigenvalue weighted by Gasteiger charge is 2.15.